The molecule has 2 aromatic rings. The van der Waals surface area contributed by atoms with Crippen LogP contribution in [0.3, 0.4) is 0 Å². The molecule has 7 heteroatoms. The topological polar surface area (TPSA) is 80.3 Å². The van der Waals surface area contributed by atoms with E-state index in [-0.39, 0.29) is 0 Å². The summed E-state index contributed by atoms with van der Waals surface area (Å²) >= 11 is 0. The van der Waals surface area contributed by atoms with Crippen LogP contribution >= 0.6 is 0 Å². The van der Waals surface area contributed by atoms with Crippen molar-refractivity contribution in [3.8, 4) is 0 Å². The van der Waals surface area contributed by atoms with Crippen molar-refractivity contribution in [2.24, 2.45) is 12.0 Å². The third kappa shape index (κ3) is 5.43. The van der Waals surface area contributed by atoms with E-state index in [4.69, 9.17) is 4.42 Å². The van der Waals surface area contributed by atoms with Gasteiger partial charge in [-0.05, 0) is 25.5 Å². The van der Waals surface area contributed by atoms with Crippen molar-refractivity contribution in [1.82, 2.24) is 25.4 Å². The first-order valence-electron chi connectivity index (χ1n) is 8.10. The summed E-state index contributed by atoms with van der Waals surface area (Å²) in [6, 6.07) is 3.88. The van der Waals surface area contributed by atoms with Crippen molar-refractivity contribution < 1.29 is 4.42 Å². The molecule has 0 fully saturated rings. The molecule has 0 atom stereocenters. The van der Waals surface area contributed by atoms with Crippen molar-refractivity contribution in [3.05, 3.63) is 35.8 Å². The molecule has 2 N–H and O–H groups in total. The van der Waals surface area contributed by atoms with Gasteiger partial charge >= 0.3 is 0 Å². The van der Waals surface area contributed by atoms with Gasteiger partial charge in [0.2, 0.25) is 0 Å². The second-order valence-electron chi connectivity index (χ2n) is 5.42. The van der Waals surface area contributed by atoms with Gasteiger partial charge < -0.3 is 19.6 Å². The summed E-state index contributed by atoms with van der Waals surface area (Å²) in [5.74, 6) is 3.51. The van der Waals surface area contributed by atoms with Gasteiger partial charge in [0.05, 0.1) is 6.26 Å². The molecule has 2 rings (SSSR count). The number of hydrogen-bond acceptors (Lipinski definition) is 4. The van der Waals surface area contributed by atoms with Crippen LogP contribution in [-0.4, -0.2) is 33.8 Å². The Morgan fingerprint density at radius 3 is 2.78 bits per heavy atom. The van der Waals surface area contributed by atoms with Crippen molar-refractivity contribution in [3.63, 3.8) is 0 Å². The van der Waals surface area contributed by atoms with Gasteiger partial charge in [0, 0.05) is 26.6 Å². The normalized spacial score (nSPS) is 11.7. The van der Waals surface area contributed by atoms with Gasteiger partial charge in [-0.15, -0.1) is 10.2 Å². The highest BCUT2D eigenvalue weighted by molar-refractivity contribution is 5.79. The molecule has 126 valence electrons. The lowest BCUT2D eigenvalue weighted by Crippen LogP contribution is -2.39. The molecule has 0 aliphatic rings. The Bertz CT molecular complexity index is 602. The average molecular weight is 318 g/mol. The summed E-state index contributed by atoms with van der Waals surface area (Å²) in [5, 5.41) is 14.9. The number of aryl methyl sites for hydroxylation is 1. The zero-order chi connectivity index (χ0) is 16.5. The number of rotatable bonds is 8. The van der Waals surface area contributed by atoms with E-state index >= 15 is 0 Å². The van der Waals surface area contributed by atoms with Gasteiger partial charge in [-0.3, -0.25) is 0 Å². The van der Waals surface area contributed by atoms with E-state index in [0.29, 0.717) is 6.54 Å². The predicted molar refractivity (Wildman–Crippen MR) is 90.2 cm³/mol. The van der Waals surface area contributed by atoms with Crippen LogP contribution in [0.25, 0.3) is 0 Å². The Labute approximate surface area is 137 Å². The van der Waals surface area contributed by atoms with E-state index in [0.717, 1.165) is 55.7 Å². The van der Waals surface area contributed by atoms with Crippen LogP contribution in [0.5, 0.6) is 0 Å². The molecule has 7 nitrogen and oxygen atoms in total. The van der Waals surface area contributed by atoms with E-state index in [2.05, 4.69) is 32.7 Å². The van der Waals surface area contributed by atoms with Crippen LogP contribution in [0.2, 0.25) is 0 Å². The molecule has 0 radical (unpaired) electrons. The van der Waals surface area contributed by atoms with Gasteiger partial charge in [-0.2, -0.15) is 0 Å². The van der Waals surface area contributed by atoms with Crippen molar-refractivity contribution in [2.45, 2.75) is 39.7 Å². The first-order chi connectivity index (χ1) is 11.2. The number of unbranched alkanes of at least 4 members (excludes halogenated alkanes) is 1. The highest BCUT2D eigenvalue weighted by Crippen LogP contribution is 2.00. The summed E-state index contributed by atoms with van der Waals surface area (Å²) in [7, 11) is 1.95. The van der Waals surface area contributed by atoms with Crippen LogP contribution in [0.15, 0.2) is 27.8 Å². The van der Waals surface area contributed by atoms with Crippen LogP contribution < -0.4 is 10.6 Å². The fourth-order valence-corrected chi connectivity index (χ4v) is 2.06. The maximum absolute atomic E-state index is 5.34. The standard InChI is InChI=1S/C16H26N6O/c1-4-5-9-17-16(18-10-8-14-7-6-11-23-14)19-12-15-21-20-13(2)22(15)3/h6-7,11H,4-5,8-10,12H2,1-3H3,(H2,17,18,19). The summed E-state index contributed by atoms with van der Waals surface area (Å²) in [6.07, 6.45) is 4.78. The van der Waals surface area contributed by atoms with Gasteiger partial charge in [0.1, 0.15) is 18.1 Å². The summed E-state index contributed by atoms with van der Waals surface area (Å²) in [4.78, 5) is 4.60. The Morgan fingerprint density at radius 2 is 2.13 bits per heavy atom. The molecule has 0 aliphatic heterocycles. The lowest BCUT2D eigenvalue weighted by molar-refractivity contribution is 0.506. The minimum Gasteiger partial charge on any atom is -0.469 e. The molecular formula is C16H26N6O. The molecule has 0 spiro atoms. The summed E-state index contributed by atoms with van der Waals surface area (Å²) in [5.41, 5.74) is 0. The second kappa shape index (κ2) is 8.97. The van der Waals surface area contributed by atoms with Gasteiger partial charge in [-0.25, -0.2) is 4.99 Å². The summed E-state index contributed by atoms with van der Waals surface area (Å²) < 4.78 is 7.29. The third-order valence-corrected chi connectivity index (χ3v) is 3.63. The molecule has 23 heavy (non-hydrogen) atoms. The highest BCUT2D eigenvalue weighted by Gasteiger charge is 2.05. The van der Waals surface area contributed by atoms with Gasteiger partial charge in [-0.1, -0.05) is 13.3 Å². The summed E-state index contributed by atoms with van der Waals surface area (Å²) in [6.45, 7) is 6.27. The number of nitrogens with zero attached hydrogens (tertiary/aromatic N) is 4. The van der Waals surface area contributed by atoms with E-state index in [1.807, 2.05) is 30.7 Å². The second-order valence-corrected chi connectivity index (χ2v) is 5.42. The minimum atomic E-state index is 0.500. The van der Waals surface area contributed by atoms with E-state index in [1.165, 1.54) is 0 Å². The quantitative estimate of drug-likeness (QED) is 0.441. The largest absolute Gasteiger partial charge is 0.469 e. The van der Waals surface area contributed by atoms with Crippen molar-refractivity contribution in [1.29, 1.82) is 0 Å². The van der Waals surface area contributed by atoms with Gasteiger partial charge in [0.25, 0.3) is 0 Å². The first kappa shape index (κ1) is 17.1. The Morgan fingerprint density at radius 1 is 1.30 bits per heavy atom. The Hall–Kier alpha value is -2.31. The monoisotopic (exact) mass is 318 g/mol. The molecule has 0 amide bonds. The maximum atomic E-state index is 5.34. The lowest BCUT2D eigenvalue weighted by atomic mass is 10.3. The van der Waals surface area contributed by atoms with Crippen molar-refractivity contribution >= 4 is 5.96 Å². The number of nitrogens with one attached hydrogen (secondary N) is 2. The van der Waals surface area contributed by atoms with Gasteiger partial charge in [0.15, 0.2) is 11.8 Å². The molecule has 0 saturated heterocycles. The fourth-order valence-electron chi connectivity index (χ4n) is 2.06. The SMILES string of the molecule is CCCCNC(=NCc1nnc(C)n1C)NCCc1ccco1. The lowest BCUT2D eigenvalue weighted by Gasteiger charge is -2.12. The van der Waals surface area contributed by atoms with E-state index in [9.17, 15) is 0 Å². The Kier molecular flexibility index (Phi) is 6.65. The van der Waals surface area contributed by atoms with E-state index < -0.39 is 0 Å². The molecule has 0 bridgehead atoms. The number of furan rings is 1. The molecule has 2 aromatic heterocycles. The van der Waals surface area contributed by atoms with Crippen LogP contribution in [0.1, 0.15) is 37.2 Å². The zero-order valence-electron chi connectivity index (χ0n) is 14.2. The zero-order valence-corrected chi connectivity index (χ0v) is 14.2. The molecule has 2 heterocycles. The van der Waals surface area contributed by atoms with Crippen LogP contribution in [0, 0.1) is 6.92 Å². The number of guanidine groups is 1. The number of hydrogen-bond donors (Lipinski definition) is 2. The van der Waals surface area contributed by atoms with E-state index in [1.54, 1.807) is 6.26 Å². The fraction of sp³-hybridized carbons (Fsp3) is 0.562. The first-order valence-corrected chi connectivity index (χ1v) is 8.10. The maximum Gasteiger partial charge on any atom is 0.191 e. The molecule has 0 saturated carbocycles. The van der Waals surface area contributed by atoms with Crippen LogP contribution in [0.4, 0.5) is 0 Å². The van der Waals surface area contributed by atoms with Crippen molar-refractivity contribution in [2.75, 3.05) is 13.1 Å². The Balaban J connectivity index is 1.89. The average Bonchev–Trinajstić information content (AvgIpc) is 3.17. The highest BCUT2D eigenvalue weighted by atomic mass is 16.3. The molecule has 0 aliphatic carbocycles. The molecular weight excluding hydrogens is 292 g/mol. The third-order valence-electron chi connectivity index (χ3n) is 3.63. The smallest absolute Gasteiger partial charge is 0.191 e. The van der Waals surface area contributed by atoms with Crippen LogP contribution in [-0.2, 0) is 20.0 Å². The molecule has 0 unspecified atom stereocenters. The number of aromatic nitrogens is 3. The minimum absolute atomic E-state index is 0.500. The number of aliphatic imine (C=N–C) groups is 1. The molecule has 0 aromatic carbocycles. The predicted octanol–water partition coefficient (Wildman–Crippen LogP) is 1.79.